The number of ketones is 1. The minimum absolute atomic E-state index is 0.0203. The number of nitrogen functional groups attached to an aromatic ring is 1. The molecule has 0 radical (unpaired) electrons. The van der Waals surface area contributed by atoms with E-state index in [0.29, 0.717) is 17.5 Å². The van der Waals surface area contributed by atoms with E-state index in [0.717, 1.165) is 22.4 Å². The molecular formula is C21H22N4O3. The summed E-state index contributed by atoms with van der Waals surface area (Å²) in [5.41, 5.74) is 9.28. The number of ether oxygens (including phenoxy) is 1. The van der Waals surface area contributed by atoms with Gasteiger partial charge >= 0.3 is 5.97 Å². The fourth-order valence-corrected chi connectivity index (χ4v) is 3.07. The van der Waals surface area contributed by atoms with Crippen molar-refractivity contribution in [2.24, 2.45) is 12.8 Å². The molecule has 0 aliphatic rings. The molecule has 2 aromatic carbocycles. The van der Waals surface area contributed by atoms with Gasteiger partial charge in [-0.15, -0.1) is 0 Å². The van der Waals surface area contributed by atoms with E-state index in [1.165, 1.54) is 7.11 Å². The maximum atomic E-state index is 12.4. The van der Waals surface area contributed by atoms with Crippen LogP contribution in [-0.2, 0) is 16.6 Å². The number of hydrogen-bond donors (Lipinski definition) is 2. The number of aromatic nitrogens is 2. The number of amidine groups is 1. The molecule has 144 valence electrons. The van der Waals surface area contributed by atoms with E-state index in [1.54, 1.807) is 24.3 Å². The summed E-state index contributed by atoms with van der Waals surface area (Å²) in [5, 5.41) is 7.49. The summed E-state index contributed by atoms with van der Waals surface area (Å²) in [7, 11) is 3.26. The summed E-state index contributed by atoms with van der Waals surface area (Å²) < 4.78 is 6.55. The zero-order chi connectivity index (χ0) is 20.3. The molecule has 0 fully saturated rings. The van der Waals surface area contributed by atoms with Crippen LogP contribution in [0.25, 0.3) is 22.4 Å². The normalized spacial score (nSPS) is 10.8. The lowest BCUT2D eigenvalue weighted by Gasteiger charge is -2.04. The minimum Gasteiger partial charge on any atom is -0.469 e. The Kier molecular flexibility index (Phi) is 5.54. The summed E-state index contributed by atoms with van der Waals surface area (Å²) >= 11 is 0. The van der Waals surface area contributed by atoms with Crippen LogP contribution in [0.3, 0.4) is 0 Å². The zero-order valence-corrected chi connectivity index (χ0v) is 15.9. The number of Topliss-reactive ketones (excluding diaryl/α,β-unsaturated/α-hetero) is 1. The molecule has 7 nitrogen and oxygen atoms in total. The van der Waals surface area contributed by atoms with Crippen molar-refractivity contribution in [3.8, 4) is 11.4 Å². The molecule has 0 bridgehead atoms. The Bertz CT molecular complexity index is 1050. The van der Waals surface area contributed by atoms with Crippen LogP contribution in [0.1, 0.15) is 35.2 Å². The predicted octanol–water partition coefficient (Wildman–Crippen LogP) is 3.05. The second-order valence-electron chi connectivity index (χ2n) is 6.54. The summed E-state index contributed by atoms with van der Waals surface area (Å²) in [5.74, 6) is 0.449. The number of rotatable bonds is 7. The van der Waals surface area contributed by atoms with Crippen molar-refractivity contribution in [1.29, 1.82) is 5.41 Å². The number of fused-ring (bicyclic) bond motifs is 1. The molecule has 7 heteroatoms. The summed E-state index contributed by atoms with van der Waals surface area (Å²) in [6, 6.07) is 12.8. The van der Waals surface area contributed by atoms with E-state index in [4.69, 9.17) is 11.1 Å². The number of nitrogens with zero attached hydrogens (tertiary/aromatic N) is 2. The maximum Gasteiger partial charge on any atom is 0.305 e. The van der Waals surface area contributed by atoms with Gasteiger partial charge in [-0.3, -0.25) is 15.0 Å². The number of imidazole rings is 1. The molecule has 0 saturated heterocycles. The Morgan fingerprint density at radius 2 is 1.79 bits per heavy atom. The van der Waals surface area contributed by atoms with Crippen LogP contribution in [0.5, 0.6) is 0 Å². The molecule has 0 amide bonds. The SMILES string of the molecule is COC(=O)CCCC(=O)c1ccc2c(c1)nc(-c1ccc(C(=N)N)cc1)n2C. The zero-order valence-electron chi connectivity index (χ0n) is 15.9. The van der Waals surface area contributed by atoms with Crippen molar-refractivity contribution in [1.82, 2.24) is 9.55 Å². The number of nitrogens with two attached hydrogens (primary N) is 1. The first-order chi connectivity index (χ1) is 13.4. The van der Waals surface area contributed by atoms with Gasteiger partial charge in [0.15, 0.2) is 5.78 Å². The van der Waals surface area contributed by atoms with Crippen LogP contribution in [0, 0.1) is 5.41 Å². The number of nitrogens with one attached hydrogen (secondary N) is 1. The first-order valence-corrected chi connectivity index (χ1v) is 8.92. The van der Waals surface area contributed by atoms with Crippen molar-refractivity contribution < 1.29 is 14.3 Å². The molecule has 0 unspecified atom stereocenters. The second-order valence-corrected chi connectivity index (χ2v) is 6.54. The Balaban J connectivity index is 1.84. The minimum atomic E-state index is -0.312. The molecule has 3 rings (SSSR count). The quantitative estimate of drug-likeness (QED) is 0.284. The van der Waals surface area contributed by atoms with Gasteiger partial charge in [0.25, 0.3) is 0 Å². The monoisotopic (exact) mass is 378 g/mol. The highest BCUT2D eigenvalue weighted by Gasteiger charge is 2.14. The van der Waals surface area contributed by atoms with Crippen molar-refractivity contribution in [3.63, 3.8) is 0 Å². The molecule has 1 heterocycles. The third-order valence-corrected chi connectivity index (χ3v) is 4.67. The van der Waals surface area contributed by atoms with Crippen molar-refractivity contribution in [3.05, 3.63) is 53.6 Å². The number of aryl methyl sites for hydroxylation is 1. The lowest BCUT2D eigenvalue weighted by molar-refractivity contribution is -0.140. The van der Waals surface area contributed by atoms with Crippen LogP contribution in [-0.4, -0.2) is 34.2 Å². The van der Waals surface area contributed by atoms with Crippen molar-refractivity contribution in [2.45, 2.75) is 19.3 Å². The molecule has 3 N–H and O–H groups in total. The standard InChI is InChI=1S/C21H22N4O3/c1-25-17-11-10-15(18(26)4-3-5-19(27)28-2)12-16(17)24-21(25)14-8-6-13(7-9-14)20(22)23/h6-12H,3-5H2,1-2H3,(H3,22,23). The highest BCUT2D eigenvalue weighted by atomic mass is 16.5. The van der Waals surface area contributed by atoms with Crippen LogP contribution in [0.4, 0.5) is 0 Å². The van der Waals surface area contributed by atoms with Crippen LogP contribution >= 0.6 is 0 Å². The Labute approximate surface area is 162 Å². The average molecular weight is 378 g/mol. The third-order valence-electron chi connectivity index (χ3n) is 4.67. The Morgan fingerprint density at radius 1 is 1.11 bits per heavy atom. The Morgan fingerprint density at radius 3 is 2.43 bits per heavy atom. The predicted molar refractivity (Wildman–Crippen MR) is 107 cm³/mol. The fourth-order valence-electron chi connectivity index (χ4n) is 3.07. The number of hydrogen-bond acceptors (Lipinski definition) is 5. The molecular weight excluding hydrogens is 356 g/mol. The Hall–Kier alpha value is -3.48. The number of benzene rings is 2. The van der Waals surface area contributed by atoms with Gasteiger partial charge in [-0.2, -0.15) is 0 Å². The summed E-state index contributed by atoms with van der Waals surface area (Å²) in [6.07, 6.45) is 0.973. The second kappa shape index (κ2) is 8.04. The van der Waals surface area contributed by atoms with E-state index in [2.05, 4.69) is 9.72 Å². The van der Waals surface area contributed by atoms with E-state index in [-0.39, 0.29) is 30.4 Å². The van der Waals surface area contributed by atoms with Crippen LogP contribution in [0.15, 0.2) is 42.5 Å². The molecule has 0 spiro atoms. The van der Waals surface area contributed by atoms with Gasteiger partial charge in [0.2, 0.25) is 0 Å². The van der Waals surface area contributed by atoms with Crippen LogP contribution < -0.4 is 5.73 Å². The number of carbonyl (C=O) groups excluding carboxylic acids is 2. The number of esters is 1. The smallest absolute Gasteiger partial charge is 0.305 e. The average Bonchev–Trinajstić information content (AvgIpc) is 3.03. The molecule has 0 aliphatic carbocycles. The van der Waals surface area contributed by atoms with Gasteiger partial charge in [0.1, 0.15) is 11.7 Å². The largest absolute Gasteiger partial charge is 0.469 e. The first-order valence-electron chi connectivity index (χ1n) is 8.92. The van der Waals surface area contributed by atoms with Gasteiger partial charge in [-0.25, -0.2) is 4.98 Å². The summed E-state index contributed by atoms with van der Waals surface area (Å²) in [4.78, 5) is 28.2. The van der Waals surface area contributed by atoms with E-state index < -0.39 is 0 Å². The molecule has 0 saturated carbocycles. The molecule has 0 aliphatic heterocycles. The van der Waals surface area contributed by atoms with Crippen molar-refractivity contribution >= 4 is 28.6 Å². The molecule has 3 aromatic rings. The summed E-state index contributed by atoms with van der Waals surface area (Å²) in [6.45, 7) is 0. The van der Waals surface area contributed by atoms with E-state index >= 15 is 0 Å². The van der Waals surface area contributed by atoms with Gasteiger partial charge in [-0.05, 0) is 24.6 Å². The van der Waals surface area contributed by atoms with Crippen molar-refractivity contribution in [2.75, 3.05) is 7.11 Å². The molecule has 0 atom stereocenters. The highest BCUT2D eigenvalue weighted by Crippen LogP contribution is 2.25. The highest BCUT2D eigenvalue weighted by molar-refractivity contribution is 5.99. The fraction of sp³-hybridized carbons (Fsp3) is 0.238. The van der Waals surface area contributed by atoms with Gasteiger partial charge in [-0.1, -0.05) is 24.3 Å². The number of methoxy groups -OCH3 is 1. The van der Waals surface area contributed by atoms with Gasteiger partial charge in [0.05, 0.1) is 18.1 Å². The maximum absolute atomic E-state index is 12.4. The van der Waals surface area contributed by atoms with Gasteiger partial charge < -0.3 is 15.0 Å². The van der Waals surface area contributed by atoms with E-state index in [1.807, 2.05) is 29.8 Å². The lowest BCUT2D eigenvalue weighted by atomic mass is 10.0. The number of carbonyl (C=O) groups is 2. The molecule has 1 aromatic heterocycles. The third kappa shape index (κ3) is 3.93. The topological polar surface area (TPSA) is 111 Å². The van der Waals surface area contributed by atoms with E-state index in [9.17, 15) is 9.59 Å². The lowest BCUT2D eigenvalue weighted by Crippen LogP contribution is -2.10. The van der Waals surface area contributed by atoms with Gasteiger partial charge in [0, 0.05) is 36.6 Å². The molecule has 28 heavy (non-hydrogen) atoms. The van der Waals surface area contributed by atoms with Crippen LogP contribution in [0.2, 0.25) is 0 Å². The first kappa shape index (κ1) is 19.3.